The van der Waals surface area contributed by atoms with Gasteiger partial charge in [-0.1, -0.05) is 50.2 Å². The number of halogens is 1. The first kappa shape index (κ1) is 29.8. The fraction of sp³-hybridized carbons (Fsp3) is 0.333. The van der Waals surface area contributed by atoms with Crippen molar-refractivity contribution in [2.75, 3.05) is 17.4 Å². The lowest BCUT2D eigenvalue weighted by Crippen LogP contribution is -2.51. The summed E-state index contributed by atoms with van der Waals surface area (Å²) in [5, 5.41) is 2.84. The van der Waals surface area contributed by atoms with Crippen LogP contribution in [-0.2, 0) is 26.2 Å². The van der Waals surface area contributed by atoms with Crippen LogP contribution in [0.2, 0.25) is 0 Å². The fourth-order valence-electron chi connectivity index (χ4n) is 4.16. The topological polar surface area (TPSA) is 86.8 Å². The molecule has 7 nitrogen and oxygen atoms in total. The number of aryl methyl sites for hydroxylation is 2. The number of hydrogen-bond donors (Lipinski definition) is 1. The third kappa shape index (κ3) is 7.89. The van der Waals surface area contributed by atoms with Crippen LogP contribution in [-0.4, -0.2) is 44.3 Å². The van der Waals surface area contributed by atoms with E-state index >= 15 is 0 Å². The summed E-state index contributed by atoms with van der Waals surface area (Å²) in [6, 6.07) is 18.0. The molecule has 0 saturated heterocycles. The van der Waals surface area contributed by atoms with Crippen LogP contribution in [0.4, 0.5) is 10.1 Å². The standard InChI is InChI=1S/C30H36FN3O4S/c1-21(2)18-32-30(36)24(5)33(19-25-11-13-26(31)14-12-25)29(35)20-34(27-16-22(3)15-23(4)17-27)39(37,38)28-9-7-6-8-10-28/h6-17,21,24H,18-20H2,1-5H3,(H,32,36). The van der Waals surface area contributed by atoms with E-state index in [-0.39, 0.29) is 23.3 Å². The molecule has 0 radical (unpaired) electrons. The Kier molecular flexibility index (Phi) is 9.86. The van der Waals surface area contributed by atoms with Crippen LogP contribution in [0.15, 0.2) is 77.7 Å². The van der Waals surface area contributed by atoms with E-state index in [0.29, 0.717) is 17.8 Å². The van der Waals surface area contributed by atoms with Crippen LogP contribution >= 0.6 is 0 Å². The highest BCUT2D eigenvalue weighted by atomic mass is 32.2. The summed E-state index contributed by atoms with van der Waals surface area (Å²) < 4.78 is 42.3. The summed E-state index contributed by atoms with van der Waals surface area (Å²) in [7, 11) is -4.13. The molecule has 0 saturated carbocycles. The number of hydrogen-bond acceptors (Lipinski definition) is 4. The second kappa shape index (κ2) is 12.9. The van der Waals surface area contributed by atoms with E-state index in [9.17, 15) is 22.4 Å². The number of benzene rings is 3. The number of sulfonamides is 1. The zero-order chi connectivity index (χ0) is 28.7. The van der Waals surface area contributed by atoms with Gasteiger partial charge in [-0.05, 0) is 79.8 Å². The molecule has 208 valence electrons. The highest BCUT2D eigenvalue weighted by Gasteiger charge is 2.32. The van der Waals surface area contributed by atoms with Crippen LogP contribution in [0.5, 0.6) is 0 Å². The van der Waals surface area contributed by atoms with Crippen LogP contribution in [0.1, 0.15) is 37.5 Å². The van der Waals surface area contributed by atoms with Crippen LogP contribution in [0, 0.1) is 25.6 Å². The van der Waals surface area contributed by atoms with Crippen molar-refractivity contribution in [1.29, 1.82) is 0 Å². The molecule has 0 spiro atoms. The van der Waals surface area contributed by atoms with Gasteiger partial charge in [0.05, 0.1) is 10.6 Å². The molecular weight excluding hydrogens is 517 g/mol. The third-order valence-electron chi connectivity index (χ3n) is 6.22. The molecule has 0 aliphatic heterocycles. The van der Waals surface area contributed by atoms with E-state index in [1.165, 1.54) is 41.3 Å². The van der Waals surface area contributed by atoms with E-state index in [2.05, 4.69) is 5.32 Å². The van der Waals surface area contributed by atoms with Crippen molar-refractivity contribution in [2.45, 2.75) is 52.1 Å². The molecule has 1 N–H and O–H groups in total. The minimum atomic E-state index is -4.13. The normalized spacial score (nSPS) is 12.2. The van der Waals surface area contributed by atoms with Gasteiger partial charge in [0.25, 0.3) is 10.0 Å². The Bertz CT molecular complexity index is 1370. The molecule has 1 unspecified atom stereocenters. The van der Waals surface area contributed by atoms with Gasteiger partial charge in [-0.2, -0.15) is 0 Å². The zero-order valence-electron chi connectivity index (χ0n) is 23.0. The average Bonchev–Trinajstić information content (AvgIpc) is 2.89. The lowest BCUT2D eigenvalue weighted by Gasteiger charge is -2.32. The number of anilines is 1. The van der Waals surface area contributed by atoms with Crippen molar-refractivity contribution in [2.24, 2.45) is 5.92 Å². The van der Waals surface area contributed by atoms with Gasteiger partial charge in [0.2, 0.25) is 11.8 Å². The first-order chi connectivity index (χ1) is 18.4. The number of carbonyl (C=O) groups is 2. The Morgan fingerprint density at radius 3 is 2.05 bits per heavy atom. The Morgan fingerprint density at radius 1 is 0.897 bits per heavy atom. The molecule has 3 aromatic rings. The molecule has 9 heteroatoms. The van der Waals surface area contributed by atoms with Crippen molar-refractivity contribution in [3.63, 3.8) is 0 Å². The molecular formula is C30H36FN3O4S. The van der Waals surface area contributed by atoms with E-state index in [1.54, 1.807) is 37.3 Å². The molecule has 3 aromatic carbocycles. The predicted molar refractivity (Wildman–Crippen MR) is 151 cm³/mol. The van der Waals surface area contributed by atoms with E-state index < -0.39 is 34.3 Å². The fourth-order valence-corrected chi connectivity index (χ4v) is 5.58. The number of nitrogens with zero attached hydrogens (tertiary/aromatic N) is 2. The summed E-state index contributed by atoms with van der Waals surface area (Å²) in [5.74, 6) is -1.14. The predicted octanol–water partition coefficient (Wildman–Crippen LogP) is 4.83. The van der Waals surface area contributed by atoms with Gasteiger partial charge in [0.1, 0.15) is 18.4 Å². The monoisotopic (exact) mass is 553 g/mol. The summed E-state index contributed by atoms with van der Waals surface area (Å²) in [6.07, 6.45) is 0. The summed E-state index contributed by atoms with van der Waals surface area (Å²) in [5.41, 5.74) is 2.64. The number of nitrogens with one attached hydrogen (secondary N) is 1. The van der Waals surface area contributed by atoms with Crippen molar-refractivity contribution in [3.8, 4) is 0 Å². The molecule has 39 heavy (non-hydrogen) atoms. The van der Waals surface area contributed by atoms with E-state index in [1.807, 2.05) is 33.8 Å². The van der Waals surface area contributed by atoms with Crippen molar-refractivity contribution in [1.82, 2.24) is 10.2 Å². The van der Waals surface area contributed by atoms with Gasteiger partial charge in [-0.15, -0.1) is 0 Å². The smallest absolute Gasteiger partial charge is 0.264 e. The largest absolute Gasteiger partial charge is 0.354 e. The lowest BCUT2D eigenvalue weighted by atomic mass is 10.1. The van der Waals surface area contributed by atoms with E-state index in [0.717, 1.165) is 15.4 Å². The van der Waals surface area contributed by atoms with Crippen LogP contribution in [0.3, 0.4) is 0 Å². The highest BCUT2D eigenvalue weighted by Crippen LogP contribution is 2.26. The summed E-state index contributed by atoms with van der Waals surface area (Å²) in [4.78, 5) is 28.3. The molecule has 0 bridgehead atoms. The molecule has 0 heterocycles. The maximum atomic E-state index is 13.9. The number of amides is 2. The molecule has 3 rings (SSSR count). The van der Waals surface area contributed by atoms with Crippen molar-refractivity contribution in [3.05, 3.63) is 95.3 Å². The minimum Gasteiger partial charge on any atom is -0.354 e. The van der Waals surface area contributed by atoms with Gasteiger partial charge >= 0.3 is 0 Å². The minimum absolute atomic E-state index is 0.00144. The second-order valence-corrected chi connectivity index (χ2v) is 12.0. The molecule has 0 aromatic heterocycles. The number of carbonyl (C=O) groups excluding carboxylic acids is 2. The zero-order valence-corrected chi connectivity index (χ0v) is 23.8. The highest BCUT2D eigenvalue weighted by molar-refractivity contribution is 7.92. The van der Waals surface area contributed by atoms with Crippen LogP contribution < -0.4 is 9.62 Å². The molecule has 0 aliphatic rings. The number of rotatable bonds is 11. The second-order valence-electron chi connectivity index (χ2n) is 10.1. The Hall–Kier alpha value is -3.72. The Labute approximate surface area is 230 Å². The van der Waals surface area contributed by atoms with Crippen LogP contribution in [0.25, 0.3) is 0 Å². The molecule has 0 fully saturated rings. The Balaban J connectivity index is 2.03. The van der Waals surface area contributed by atoms with Gasteiger partial charge in [-0.25, -0.2) is 12.8 Å². The maximum absolute atomic E-state index is 13.9. The van der Waals surface area contributed by atoms with Gasteiger partial charge in [0.15, 0.2) is 0 Å². The van der Waals surface area contributed by atoms with Crippen molar-refractivity contribution >= 4 is 27.5 Å². The van der Waals surface area contributed by atoms with E-state index in [4.69, 9.17) is 0 Å². The SMILES string of the molecule is Cc1cc(C)cc(N(CC(=O)N(Cc2ccc(F)cc2)C(C)C(=O)NCC(C)C)S(=O)(=O)c2ccccc2)c1. The summed E-state index contributed by atoms with van der Waals surface area (Å²) >= 11 is 0. The molecule has 1 atom stereocenters. The first-order valence-electron chi connectivity index (χ1n) is 12.9. The first-order valence-corrected chi connectivity index (χ1v) is 14.3. The third-order valence-corrected chi connectivity index (χ3v) is 8.01. The average molecular weight is 554 g/mol. The van der Waals surface area contributed by atoms with Gasteiger partial charge in [-0.3, -0.25) is 13.9 Å². The van der Waals surface area contributed by atoms with Gasteiger partial charge in [0, 0.05) is 13.1 Å². The van der Waals surface area contributed by atoms with Gasteiger partial charge < -0.3 is 10.2 Å². The van der Waals surface area contributed by atoms with Crippen molar-refractivity contribution < 1.29 is 22.4 Å². The maximum Gasteiger partial charge on any atom is 0.264 e. The quantitative estimate of drug-likeness (QED) is 0.369. The Morgan fingerprint density at radius 2 is 1.49 bits per heavy atom. The lowest BCUT2D eigenvalue weighted by molar-refractivity contribution is -0.139. The molecule has 0 aliphatic carbocycles. The summed E-state index contributed by atoms with van der Waals surface area (Å²) in [6.45, 7) is 9.14. The molecule has 2 amide bonds.